The Morgan fingerprint density at radius 2 is 1.62 bits per heavy atom. The number of rotatable bonds is 8. The van der Waals surface area contributed by atoms with Crippen molar-refractivity contribution in [3.05, 3.63) is 53.6 Å². The third kappa shape index (κ3) is 6.71. The molecule has 0 fully saturated rings. The first-order valence-electron chi connectivity index (χ1n) is 9.46. The monoisotopic (exact) mass is 400 g/mol. The molecule has 0 saturated heterocycles. The predicted octanol–water partition coefficient (Wildman–Crippen LogP) is 3.45. The van der Waals surface area contributed by atoms with E-state index in [1.54, 1.807) is 18.2 Å². The van der Waals surface area contributed by atoms with Crippen molar-refractivity contribution in [3.8, 4) is 17.2 Å². The van der Waals surface area contributed by atoms with Gasteiger partial charge in [0.05, 0.1) is 13.2 Å². The van der Waals surface area contributed by atoms with Crippen LogP contribution >= 0.6 is 0 Å². The smallest absolute Gasteiger partial charge is 0.276 e. The summed E-state index contributed by atoms with van der Waals surface area (Å²) in [5.74, 6) is 1.03. The van der Waals surface area contributed by atoms with E-state index in [1.807, 2.05) is 38.1 Å². The number of hydrogen-bond acceptors (Lipinski definition) is 5. The van der Waals surface area contributed by atoms with E-state index < -0.39 is 11.8 Å². The molecule has 156 valence electrons. The molecule has 0 spiro atoms. The standard InChI is InChI=1S/C22H28N2O5/c1-14(2)16-6-9-18(10-7-16)28-13-21(25)23-24-22(26)17-8-11-19(29-15(3)4)20(12-17)27-5/h6-12,14-15H,13H2,1-5H3,(H,23,25)(H,24,26). The Kier molecular flexibility index (Phi) is 7.88. The minimum Gasteiger partial charge on any atom is -0.493 e. The number of amides is 2. The fourth-order valence-corrected chi connectivity index (χ4v) is 2.49. The molecule has 29 heavy (non-hydrogen) atoms. The van der Waals surface area contributed by atoms with E-state index in [0.717, 1.165) is 0 Å². The molecule has 2 aromatic carbocycles. The van der Waals surface area contributed by atoms with Crippen LogP contribution in [-0.2, 0) is 4.79 Å². The highest BCUT2D eigenvalue weighted by Crippen LogP contribution is 2.28. The second-order valence-electron chi connectivity index (χ2n) is 7.05. The van der Waals surface area contributed by atoms with Gasteiger partial charge < -0.3 is 14.2 Å². The number of hydrogen-bond donors (Lipinski definition) is 2. The summed E-state index contributed by atoms with van der Waals surface area (Å²) in [4.78, 5) is 24.2. The van der Waals surface area contributed by atoms with Crippen molar-refractivity contribution < 1.29 is 23.8 Å². The summed E-state index contributed by atoms with van der Waals surface area (Å²) in [6, 6.07) is 12.3. The zero-order valence-corrected chi connectivity index (χ0v) is 17.4. The largest absolute Gasteiger partial charge is 0.493 e. The summed E-state index contributed by atoms with van der Waals surface area (Å²) in [6.07, 6.45) is -0.0237. The molecule has 2 rings (SSSR count). The molecule has 0 heterocycles. The van der Waals surface area contributed by atoms with Gasteiger partial charge in [-0.15, -0.1) is 0 Å². The van der Waals surface area contributed by atoms with Gasteiger partial charge in [0, 0.05) is 5.56 Å². The Bertz CT molecular complexity index is 832. The van der Waals surface area contributed by atoms with Crippen molar-refractivity contribution in [2.45, 2.75) is 39.7 Å². The highest BCUT2D eigenvalue weighted by atomic mass is 16.5. The minimum absolute atomic E-state index is 0.0237. The van der Waals surface area contributed by atoms with E-state index in [1.165, 1.54) is 12.7 Å². The quantitative estimate of drug-likeness (QED) is 0.663. The van der Waals surface area contributed by atoms with Crippen LogP contribution in [0.2, 0.25) is 0 Å². The fraction of sp³-hybridized carbons (Fsp3) is 0.364. The first-order chi connectivity index (χ1) is 13.8. The van der Waals surface area contributed by atoms with Crippen molar-refractivity contribution >= 4 is 11.8 Å². The number of ether oxygens (including phenoxy) is 3. The van der Waals surface area contributed by atoms with Crippen molar-refractivity contribution in [1.82, 2.24) is 10.9 Å². The lowest BCUT2D eigenvalue weighted by molar-refractivity contribution is -0.123. The average Bonchev–Trinajstić information content (AvgIpc) is 2.70. The van der Waals surface area contributed by atoms with Crippen LogP contribution in [0.5, 0.6) is 17.2 Å². The fourth-order valence-electron chi connectivity index (χ4n) is 2.49. The van der Waals surface area contributed by atoms with Gasteiger partial charge in [-0.25, -0.2) is 0 Å². The van der Waals surface area contributed by atoms with Crippen molar-refractivity contribution in [2.75, 3.05) is 13.7 Å². The zero-order chi connectivity index (χ0) is 21.4. The Morgan fingerprint density at radius 3 is 2.21 bits per heavy atom. The van der Waals surface area contributed by atoms with Crippen LogP contribution in [-0.4, -0.2) is 31.6 Å². The molecule has 2 N–H and O–H groups in total. The van der Waals surface area contributed by atoms with Crippen LogP contribution in [0.3, 0.4) is 0 Å². The Labute approximate surface area is 171 Å². The second kappa shape index (κ2) is 10.4. The first kappa shape index (κ1) is 22.1. The van der Waals surface area contributed by atoms with Gasteiger partial charge in [0.1, 0.15) is 5.75 Å². The third-order valence-electron chi connectivity index (χ3n) is 4.02. The number of benzene rings is 2. The molecule has 0 unspecified atom stereocenters. The maximum Gasteiger partial charge on any atom is 0.276 e. The summed E-state index contributed by atoms with van der Waals surface area (Å²) in [7, 11) is 1.50. The molecule has 7 heteroatoms. The van der Waals surface area contributed by atoms with Crippen molar-refractivity contribution in [2.24, 2.45) is 0 Å². The van der Waals surface area contributed by atoms with Crippen LogP contribution in [0.4, 0.5) is 0 Å². The minimum atomic E-state index is -0.478. The molecule has 0 aliphatic carbocycles. The second-order valence-corrected chi connectivity index (χ2v) is 7.05. The van der Waals surface area contributed by atoms with Gasteiger partial charge in [-0.3, -0.25) is 20.4 Å². The van der Waals surface area contributed by atoms with Gasteiger partial charge in [0.15, 0.2) is 18.1 Å². The van der Waals surface area contributed by atoms with Gasteiger partial charge >= 0.3 is 0 Å². The Balaban J connectivity index is 1.85. The predicted molar refractivity (Wildman–Crippen MR) is 110 cm³/mol. The average molecular weight is 400 g/mol. The van der Waals surface area contributed by atoms with Crippen LogP contribution < -0.4 is 25.1 Å². The lowest BCUT2D eigenvalue weighted by Gasteiger charge is -2.14. The summed E-state index contributed by atoms with van der Waals surface area (Å²) >= 11 is 0. The van der Waals surface area contributed by atoms with Gasteiger partial charge in [-0.1, -0.05) is 26.0 Å². The van der Waals surface area contributed by atoms with Crippen LogP contribution in [0.1, 0.15) is 49.5 Å². The Hall–Kier alpha value is -3.22. The van der Waals surface area contributed by atoms with Gasteiger partial charge in [-0.05, 0) is 55.7 Å². The number of carbonyl (C=O) groups is 2. The molecule has 2 amide bonds. The summed E-state index contributed by atoms with van der Waals surface area (Å²) in [5.41, 5.74) is 6.20. The van der Waals surface area contributed by atoms with Gasteiger partial charge in [0.25, 0.3) is 11.8 Å². The van der Waals surface area contributed by atoms with Gasteiger partial charge in [0.2, 0.25) is 0 Å². The van der Waals surface area contributed by atoms with Crippen LogP contribution in [0.25, 0.3) is 0 Å². The molecule has 0 aromatic heterocycles. The normalized spacial score (nSPS) is 10.6. The van der Waals surface area contributed by atoms with E-state index in [2.05, 4.69) is 24.7 Å². The molecule has 0 aliphatic heterocycles. The SMILES string of the molecule is COc1cc(C(=O)NNC(=O)COc2ccc(C(C)C)cc2)ccc1OC(C)C. The number of carbonyl (C=O) groups excluding carboxylic acids is 2. The summed E-state index contributed by atoms with van der Waals surface area (Å²) in [5, 5.41) is 0. The van der Waals surface area contributed by atoms with E-state index in [9.17, 15) is 9.59 Å². The highest BCUT2D eigenvalue weighted by Gasteiger charge is 2.13. The molecule has 0 aliphatic rings. The maximum atomic E-state index is 12.3. The molecular formula is C22H28N2O5. The van der Waals surface area contributed by atoms with Crippen molar-refractivity contribution in [1.29, 1.82) is 0 Å². The van der Waals surface area contributed by atoms with Crippen LogP contribution in [0, 0.1) is 0 Å². The molecule has 0 bridgehead atoms. The number of hydrazine groups is 1. The first-order valence-corrected chi connectivity index (χ1v) is 9.46. The highest BCUT2D eigenvalue weighted by molar-refractivity contribution is 5.96. The van der Waals surface area contributed by atoms with E-state index in [-0.39, 0.29) is 12.7 Å². The lowest BCUT2D eigenvalue weighted by Crippen LogP contribution is -2.43. The molecule has 0 atom stereocenters. The Morgan fingerprint density at radius 1 is 0.931 bits per heavy atom. The molecular weight excluding hydrogens is 372 g/mol. The molecule has 2 aromatic rings. The van der Waals surface area contributed by atoms with E-state index >= 15 is 0 Å². The van der Waals surface area contributed by atoms with Gasteiger partial charge in [-0.2, -0.15) is 0 Å². The molecule has 0 saturated carbocycles. The van der Waals surface area contributed by atoms with Crippen molar-refractivity contribution in [3.63, 3.8) is 0 Å². The molecule has 7 nitrogen and oxygen atoms in total. The number of methoxy groups -OCH3 is 1. The lowest BCUT2D eigenvalue weighted by atomic mass is 10.0. The number of nitrogens with one attached hydrogen (secondary N) is 2. The van der Waals surface area contributed by atoms with E-state index in [0.29, 0.717) is 28.7 Å². The third-order valence-corrected chi connectivity index (χ3v) is 4.02. The topological polar surface area (TPSA) is 85.9 Å². The maximum absolute atomic E-state index is 12.3. The van der Waals surface area contributed by atoms with E-state index in [4.69, 9.17) is 14.2 Å². The van der Waals surface area contributed by atoms with Crippen LogP contribution in [0.15, 0.2) is 42.5 Å². The summed E-state index contributed by atoms with van der Waals surface area (Å²) in [6.45, 7) is 7.79. The summed E-state index contributed by atoms with van der Waals surface area (Å²) < 4.78 is 16.3. The zero-order valence-electron chi connectivity index (χ0n) is 17.4. The molecule has 0 radical (unpaired) electrons.